The van der Waals surface area contributed by atoms with Crippen LogP contribution in [0, 0.1) is 5.41 Å². The van der Waals surface area contributed by atoms with Crippen LogP contribution in [0.15, 0.2) is 18.2 Å². The van der Waals surface area contributed by atoms with Crippen molar-refractivity contribution in [3.8, 4) is 11.5 Å². The van der Waals surface area contributed by atoms with E-state index in [2.05, 4.69) is 24.2 Å². The van der Waals surface area contributed by atoms with E-state index in [1.165, 1.54) is 18.2 Å². The van der Waals surface area contributed by atoms with Crippen LogP contribution in [-0.4, -0.2) is 47.7 Å². The second-order valence-electron chi connectivity index (χ2n) is 6.00. The molecule has 1 aliphatic rings. The average Bonchev–Trinajstić information content (AvgIpc) is 2.43. The summed E-state index contributed by atoms with van der Waals surface area (Å²) in [5.41, 5.74) is 0.484. The molecule has 0 aromatic heterocycles. The molecule has 0 spiro atoms. The van der Waals surface area contributed by atoms with Gasteiger partial charge in [0.15, 0.2) is 11.5 Å². The molecule has 0 saturated carbocycles. The summed E-state index contributed by atoms with van der Waals surface area (Å²) < 4.78 is 0. The fraction of sp³-hybridized carbons (Fsp3) is 0.533. The Kier molecular flexibility index (Phi) is 4.18. The van der Waals surface area contributed by atoms with Gasteiger partial charge in [-0.3, -0.25) is 4.79 Å². The Morgan fingerprint density at radius 1 is 1.30 bits per heavy atom. The van der Waals surface area contributed by atoms with Gasteiger partial charge in [-0.1, -0.05) is 6.92 Å². The van der Waals surface area contributed by atoms with Crippen LogP contribution < -0.4 is 5.32 Å². The molecule has 1 saturated heterocycles. The minimum Gasteiger partial charge on any atom is -0.504 e. The third-order valence-electron chi connectivity index (χ3n) is 4.11. The Hall–Kier alpha value is -1.75. The number of nitrogens with one attached hydrogen (secondary N) is 1. The molecule has 0 unspecified atom stereocenters. The molecule has 20 heavy (non-hydrogen) atoms. The van der Waals surface area contributed by atoms with Crippen LogP contribution in [0.25, 0.3) is 0 Å². The highest BCUT2D eigenvalue weighted by Gasteiger charge is 2.29. The van der Waals surface area contributed by atoms with Crippen molar-refractivity contribution in [3.63, 3.8) is 0 Å². The second kappa shape index (κ2) is 5.71. The topological polar surface area (TPSA) is 72.8 Å². The highest BCUT2D eigenvalue weighted by atomic mass is 16.3. The van der Waals surface area contributed by atoms with E-state index in [9.17, 15) is 15.0 Å². The van der Waals surface area contributed by atoms with Crippen LogP contribution in [-0.2, 0) is 0 Å². The number of amides is 1. The molecule has 0 aliphatic carbocycles. The van der Waals surface area contributed by atoms with E-state index < -0.39 is 0 Å². The minimum absolute atomic E-state index is 0.126. The van der Waals surface area contributed by atoms with Gasteiger partial charge in [-0.2, -0.15) is 0 Å². The van der Waals surface area contributed by atoms with Crippen LogP contribution in [0.1, 0.15) is 30.1 Å². The fourth-order valence-electron chi connectivity index (χ4n) is 2.40. The summed E-state index contributed by atoms with van der Waals surface area (Å²) in [5.74, 6) is -0.715. The molecule has 110 valence electrons. The first-order chi connectivity index (χ1) is 9.39. The van der Waals surface area contributed by atoms with E-state index in [4.69, 9.17) is 0 Å². The van der Waals surface area contributed by atoms with Crippen molar-refractivity contribution in [2.45, 2.75) is 19.8 Å². The molecular weight excluding hydrogens is 256 g/mol. The number of likely N-dealkylation sites (tertiary alicyclic amines) is 1. The van der Waals surface area contributed by atoms with Crippen LogP contribution >= 0.6 is 0 Å². The molecular formula is C15H22N2O3. The number of nitrogens with zero attached hydrogens (tertiary/aromatic N) is 1. The SMILES string of the molecule is CN1CCC(C)(CNC(=O)c2ccc(O)c(O)c2)CC1. The van der Waals surface area contributed by atoms with Crippen molar-refractivity contribution >= 4 is 5.91 Å². The number of phenolic OH excluding ortho intramolecular Hbond substituents is 2. The molecule has 1 heterocycles. The summed E-state index contributed by atoms with van der Waals surface area (Å²) in [7, 11) is 2.11. The Morgan fingerprint density at radius 2 is 1.95 bits per heavy atom. The summed E-state index contributed by atoms with van der Waals surface area (Å²) in [4.78, 5) is 14.3. The maximum atomic E-state index is 12.0. The number of phenols is 2. The third-order valence-corrected chi connectivity index (χ3v) is 4.11. The normalized spacial score (nSPS) is 18.7. The molecule has 3 N–H and O–H groups in total. The van der Waals surface area contributed by atoms with E-state index in [0.29, 0.717) is 12.1 Å². The van der Waals surface area contributed by atoms with E-state index in [1.54, 1.807) is 0 Å². The van der Waals surface area contributed by atoms with Crippen LogP contribution in [0.4, 0.5) is 0 Å². The van der Waals surface area contributed by atoms with Crippen LogP contribution in [0.2, 0.25) is 0 Å². The zero-order valence-corrected chi connectivity index (χ0v) is 12.0. The first kappa shape index (κ1) is 14.7. The van der Waals surface area contributed by atoms with Gasteiger partial charge in [0.25, 0.3) is 5.91 Å². The van der Waals surface area contributed by atoms with E-state index >= 15 is 0 Å². The second-order valence-corrected chi connectivity index (χ2v) is 6.00. The van der Waals surface area contributed by atoms with Gasteiger partial charge in [0.05, 0.1) is 0 Å². The first-order valence-corrected chi connectivity index (χ1v) is 6.88. The summed E-state index contributed by atoms with van der Waals surface area (Å²) >= 11 is 0. The van der Waals surface area contributed by atoms with Crippen molar-refractivity contribution in [1.29, 1.82) is 0 Å². The van der Waals surface area contributed by atoms with Gasteiger partial charge in [-0.05, 0) is 56.6 Å². The predicted molar refractivity (Wildman–Crippen MR) is 76.9 cm³/mol. The van der Waals surface area contributed by atoms with E-state index in [1.807, 2.05) is 0 Å². The monoisotopic (exact) mass is 278 g/mol. The number of piperidine rings is 1. The first-order valence-electron chi connectivity index (χ1n) is 6.88. The van der Waals surface area contributed by atoms with Gasteiger partial charge < -0.3 is 20.4 Å². The molecule has 0 atom stereocenters. The number of rotatable bonds is 3. The van der Waals surface area contributed by atoms with Crippen molar-refractivity contribution in [1.82, 2.24) is 10.2 Å². The number of carbonyl (C=O) groups excluding carboxylic acids is 1. The standard InChI is InChI=1S/C15H22N2O3/c1-15(5-7-17(2)8-6-15)10-16-14(20)11-3-4-12(18)13(19)9-11/h3-4,9,18-19H,5-8,10H2,1-2H3,(H,16,20). The average molecular weight is 278 g/mol. The van der Waals surface area contributed by atoms with Gasteiger partial charge in [0, 0.05) is 12.1 Å². The van der Waals surface area contributed by atoms with Gasteiger partial charge in [0.2, 0.25) is 0 Å². The van der Waals surface area contributed by atoms with Crippen LogP contribution in [0.3, 0.4) is 0 Å². The lowest BCUT2D eigenvalue weighted by molar-refractivity contribution is 0.0891. The summed E-state index contributed by atoms with van der Waals surface area (Å²) in [6, 6.07) is 4.10. The van der Waals surface area contributed by atoms with E-state index in [0.717, 1.165) is 25.9 Å². The van der Waals surface area contributed by atoms with Crippen molar-refractivity contribution in [2.24, 2.45) is 5.41 Å². The van der Waals surface area contributed by atoms with Gasteiger partial charge in [-0.15, -0.1) is 0 Å². The Balaban J connectivity index is 1.93. The minimum atomic E-state index is -0.275. The van der Waals surface area contributed by atoms with Gasteiger partial charge in [-0.25, -0.2) is 0 Å². The molecule has 5 nitrogen and oxygen atoms in total. The Labute approximate surface area is 119 Å². The molecule has 1 aromatic carbocycles. The van der Waals surface area contributed by atoms with Gasteiger partial charge in [0.1, 0.15) is 0 Å². The van der Waals surface area contributed by atoms with Crippen LogP contribution in [0.5, 0.6) is 11.5 Å². The Morgan fingerprint density at radius 3 is 2.55 bits per heavy atom. The lowest BCUT2D eigenvalue weighted by Gasteiger charge is -2.37. The number of benzene rings is 1. The molecule has 1 amide bonds. The molecule has 1 aromatic rings. The van der Waals surface area contributed by atoms with Crippen molar-refractivity contribution in [3.05, 3.63) is 23.8 Å². The summed E-state index contributed by atoms with van der Waals surface area (Å²) in [6.45, 7) is 4.91. The third kappa shape index (κ3) is 3.42. The van der Waals surface area contributed by atoms with Gasteiger partial charge >= 0.3 is 0 Å². The fourth-order valence-corrected chi connectivity index (χ4v) is 2.40. The number of hydrogen-bond donors (Lipinski definition) is 3. The molecule has 0 radical (unpaired) electrons. The zero-order chi connectivity index (χ0) is 14.8. The lowest BCUT2D eigenvalue weighted by atomic mass is 9.80. The van der Waals surface area contributed by atoms with Crippen molar-refractivity contribution in [2.75, 3.05) is 26.7 Å². The lowest BCUT2D eigenvalue weighted by Crippen LogP contribution is -2.43. The summed E-state index contributed by atoms with van der Waals surface area (Å²) in [6.07, 6.45) is 2.12. The molecule has 1 fully saturated rings. The quantitative estimate of drug-likeness (QED) is 0.734. The largest absolute Gasteiger partial charge is 0.504 e. The molecule has 5 heteroatoms. The highest BCUT2D eigenvalue weighted by molar-refractivity contribution is 5.94. The smallest absolute Gasteiger partial charge is 0.251 e. The molecule has 0 bridgehead atoms. The maximum absolute atomic E-state index is 12.0. The molecule has 2 rings (SSSR count). The maximum Gasteiger partial charge on any atom is 0.251 e. The number of hydrogen-bond acceptors (Lipinski definition) is 4. The zero-order valence-electron chi connectivity index (χ0n) is 12.0. The highest BCUT2D eigenvalue weighted by Crippen LogP contribution is 2.30. The Bertz CT molecular complexity index is 494. The predicted octanol–water partition coefficient (Wildman–Crippen LogP) is 1.56. The van der Waals surface area contributed by atoms with Crippen molar-refractivity contribution < 1.29 is 15.0 Å². The summed E-state index contributed by atoms with van der Waals surface area (Å²) in [5, 5.41) is 21.6. The number of aromatic hydroxyl groups is 2. The number of carbonyl (C=O) groups is 1. The van der Waals surface area contributed by atoms with E-state index in [-0.39, 0.29) is 22.8 Å². The molecule has 1 aliphatic heterocycles.